The van der Waals surface area contributed by atoms with Gasteiger partial charge in [0, 0.05) is 12.7 Å². The van der Waals surface area contributed by atoms with Gasteiger partial charge in [0.05, 0.1) is 17.7 Å². The molecule has 0 atom stereocenters. The summed E-state index contributed by atoms with van der Waals surface area (Å²) in [6.45, 7) is 1.48. The molecule has 160 valence electrons. The number of carbonyl (C=O) groups excluding carboxylic acids is 2. The smallest absolute Gasteiger partial charge is 0.416 e. The highest BCUT2D eigenvalue weighted by Gasteiger charge is 2.30. The minimum Gasteiger partial charge on any atom is -0.462 e. The van der Waals surface area contributed by atoms with E-state index < -0.39 is 50.8 Å². The molecule has 11 heteroatoms. The standard InChI is InChI=1S/C19H14Cl2F4N2O3/c1-2-30-18(29)13(15(28)12-7-14(22)17(21)27-16(12)20)9-26-8-10-3-5-11(6-4-10)19(23,24)25/h3-7,9,26H,2,8H2,1H3/b13-9-. The third-order valence-corrected chi connectivity index (χ3v) is 4.26. The van der Waals surface area contributed by atoms with E-state index >= 15 is 0 Å². The molecule has 5 nitrogen and oxygen atoms in total. The molecule has 0 unspecified atom stereocenters. The van der Waals surface area contributed by atoms with Crippen molar-refractivity contribution in [3.8, 4) is 0 Å². The molecule has 0 amide bonds. The van der Waals surface area contributed by atoms with E-state index in [9.17, 15) is 27.2 Å². The zero-order valence-electron chi connectivity index (χ0n) is 15.3. The van der Waals surface area contributed by atoms with Crippen molar-refractivity contribution in [1.82, 2.24) is 10.3 Å². The van der Waals surface area contributed by atoms with Crippen molar-refractivity contribution in [2.24, 2.45) is 0 Å². The molecule has 0 radical (unpaired) electrons. The van der Waals surface area contributed by atoms with Crippen LogP contribution in [0.15, 0.2) is 42.1 Å². The summed E-state index contributed by atoms with van der Waals surface area (Å²) in [6, 6.07) is 5.03. The Morgan fingerprint density at radius 3 is 2.37 bits per heavy atom. The Morgan fingerprint density at radius 1 is 1.17 bits per heavy atom. The van der Waals surface area contributed by atoms with Gasteiger partial charge in [0.2, 0.25) is 5.78 Å². The van der Waals surface area contributed by atoms with Crippen LogP contribution < -0.4 is 5.32 Å². The van der Waals surface area contributed by atoms with Crippen LogP contribution in [0.1, 0.15) is 28.4 Å². The fourth-order valence-electron chi connectivity index (χ4n) is 2.26. The zero-order chi connectivity index (χ0) is 22.5. The van der Waals surface area contributed by atoms with Crippen molar-refractivity contribution in [3.63, 3.8) is 0 Å². The van der Waals surface area contributed by atoms with Gasteiger partial charge in [0.1, 0.15) is 10.7 Å². The summed E-state index contributed by atoms with van der Waals surface area (Å²) in [5.41, 5.74) is -1.27. The van der Waals surface area contributed by atoms with Gasteiger partial charge in [0.15, 0.2) is 11.0 Å². The first kappa shape index (κ1) is 23.6. The number of carbonyl (C=O) groups is 2. The van der Waals surface area contributed by atoms with Gasteiger partial charge < -0.3 is 10.1 Å². The number of nitrogens with zero attached hydrogens (tertiary/aromatic N) is 1. The largest absolute Gasteiger partial charge is 0.462 e. The highest BCUT2D eigenvalue weighted by Crippen LogP contribution is 2.29. The van der Waals surface area contributed by atoms with E-state index in [2.05, 4.69) is 10.3 Å². The van der Waals surface area contributed by atoms with Crippen molar-refractivity contribution >= 4 is 35.0 Å². The van der Waals surface area contributed by atoms with Crippen LogP contribution in [-0.2, 0) is 22.3 Å². The molecule has 1 aromatic heterocycles. The minimum absolute atomic E-state index is 0.00468. The number of hydrogen-bond donors (Lipinski definition) is 1. The second-order valence-electron chi connectivity index (χ2n) is 5.78. The first-order chi connectivity index (χ1) is 14.0. The van der Waals surface area contributed by atoms with E-state index in [4.69, 9.17) is 27.9 Å². The van der Waals surface area contributed by atoms with Gasteiger partial charge in [-0.3, -0.25) is 4.79 Å². The fraction of sp³-hybridized carbons (Fsp3) is 0.211. The second kappa shape index (κ2) is 9.90. The molecule has 2 rings (SSSR count). The number of esters is 1. The summed E-state index contributed by atoms with van der Waals surface area (Å²) in [5.74, 6) is -2.99. The Kier molecular flexibility index (Phi) is 7.80. The van der Waals surface area contributed by atoms with Gasteiger partial charge in [-0.15, -0.1) is 0 Å². The number of alkyl halides is 3. The second-order valence-corrected chi connectivity index (χ2v) is 6.50. The summed E-state index contributed by atoms with van der Waals surface area (Å²) < 4.78 is 56.3. The van der Waals surface area contributed by atoms with Crippen LogP contribution in [0.3, 0.4) is 0 Å². The molecular weight excluding hydrogens is 451 g/mol. The Hall–Kier alpha value is -2.65. The van der Waals surface area contributed by atoms with Crippen molar-refractivity contribution in [2.45, 2.75) is 19.6 Å². The van der Waals surface area contributed by atoms with E-state index in [1.54, 1.807) is 0 Å². The number of pyridine rings is 1. The lowest BCUT2D eigenvalue weighted by Gasteiger charge is -2.10. The Morgan fingerprint density at radius 2 is 1.80 bits per heavy atom. The number of Topliss-reactive ketones (excluding diaryl/α,β-unsaturated/α-hetero) is 1. The molecule has 0 saturated heterocycles. The number of nitrogens with one attached hydrogen (secondary N) is 1. The van der Waals surface area contributed by atoms with Crippen LogP contribution in [0, 0.1) is 5.82 Å². The Labute approximate surface area is 178 Å². The van der Waals surface area contributed by atoms with E-state index in [-0.39, 0.29) is 13.2 Å². The average Bonchev–Trinajstić information content (AvgIpc) is 2.67. The van der Waals surface area contributed by atoms with Crippen LogP contribution in [0.4, 0.5) is 17.6 Å². The highest BCUT2D eigenvalue weighted by molar-refractivity contribution is 6.37. The van der Waals surface area contributed by atoms with E-state index in [0.717, 1.165) is 24.4 Å². The molecule has 30 heavy (non-hydrogen) atoms. The highest BCUT2D eigenvalue weighted by atomic mass is 35.5. The van der Waals surface area contributed by atoms with Crippen LogP contribution in [0.5, 0.6) is 0 Å². The summed E-state index contributed by atoms with van der Waals surface area (Å²) in [4.78, 5) is 28.3. The lowest BCUT2D eigenvalue weighted by molar-refractivity contribution is -0.138. The Balaban J connectivity index is 2.24. The number of ketones is 1. The molecule has 0 saturated carbocycles. The van der Waals surface area contributed by atoms with Gasteiger partial charge in [-0.05, 0) is 30.7 Å². The van der Waals surface area contributed by atoms with Gasteiger partial charge in [0.25, 0.3) is 0 Å². The summed E-state index contributed by atoms with van der Waals surface area (Å²) >= 11 is 11.3. The molecule has 2 aromatic rings. The molecule has 1 aromatic carbocycles. The third-order valence-electron chi connectivity index (χ3n) is 3.71. The summed E-state index contributed by atoms with van der Waals surface area (Å²) in [6.07, 6.45) is -3.45. The molecule has 0 aliphatic carbocycles. The maximum Gasteiger partial charge on any atom is 0.416 e. The lowest BCUT2D eigenvalue weighted by atomic mass is 10.1. The molecule has 0 aliphatic rings. The van der Waals surface area contributed by atoms with E-state index in [1.165, 1.54) is 19.1 Å². The van der Waals surface area contributed by atoms with E-state index in [0.29, 0.717) is 5.56 Å². The molecule has 0 spiro atoms. The predicted octanol–water partition coefficient (Wildman–Crippen LogP) is 4.97. The number of benzene rings is 1. The number of hydrogen-bond acceptors (Lipinski definition) is 5. The third kappa shape index (κ3) is 5.93. The van der Waals surface area contributed by atoms with Crippen molar-refractivity contribution in [2.75, 3.05) is 6.61 Å². The summed E-state index contributed by atoms with van der Waals surface area (Å²) in [7, 11) is 0. The van der Waals surface area contributed by atoms with E-state index in [1.807, 2.05) is 0 Å². The SMILES string of the molecule is CCOC(=O)/C(=C\NCc1ccc(C(F)(F)F)cc1)C(=O)c1cc(F)c(Cl)nc1Cl. The van der Waals surface area contributed by atoms with Crippen LogP contribution >= 0.6 is 23.2 Å². The van der Waals surface area contributed by atoms with Gasteiger partial charge in [-0.25, -0.2) is 14.2 Å². The normalized spacial score (nSPS) is 11.9. The monoisotopic (exact) mass is 464 g/mol. The fourth-order valence-corrected chi connectivity index (χ4v) is 2.67. The number of rotatable bonds is 7. The van der Waals surface area contributed by atoms with Crippen molar-refractivity contribution in [1.29, 1.82) is 0 Å². The molecule has 0 fully saturated rings. The van der Waals surface area contributed by atoms with Crippen LogP contribution in [0.25, 0.3) is 0 Å². The van der Waals surface area contributed by atoms with Crippen molar-refractivity contribution < 1.29 is 31.9 Å². The zero-order valence-corrected chi connectivity index (χ0v) is 16.8. The van der Waals surface area contributed by atoms with Crippen molar-refractivity contribution in [3.05, 3.63) is 74.9 Å². The number of halogens is 6. The minimum atomic E-state index is -4.46. The predicted molar refractivity (Wildman–Crippen MR) is 102 cm³/mol. The number of aromatic nitrogens is 1. The molecule has 0 aliphatic heterocycles. The first-order valence-corrected chi connectivity index (χ1v) is 9.13. The van der Waals surface area contributed by atoms with Gasteiger partial charge in [-0.1, -0.05) is 35.3 Å². The molecular formula is C19H14Cl2F4N2O3. The summed E-state index contributed by atoms with van der Waals surface area (Å²) in [5, 5.41) is 1.69. The number of ether oxygens (including phenoxy) is 1. The first-order valence-electron chi connectivity index (χ1n) is 8.37. The Bertz CT molecular complexity index is 977. The van der Waals surface area contributed by atoms with Crippen LogP contribution in [0.2, 0.25) is 10.3 Å². The van der Waals surface area contributed by atoms with Gasteiger partial charge >= 0.3 is 12.1 Å². The van der Waals surface area contributed by atoms with Crippen LogP contribution in [-0.4, -0.2) is 23.3 Å². The molecule has 1 heterocycles. The lowest BCUT2D eigenvalue weighted by Crippen LogP contribution is -2.20. The maximum absolute atomic E-state index is 13.7. The topological polar surface area (TPSA) is 68.3 Å². The molecule has 0 bridgehead atoms. The maximum atomic E-state index is 13.7. The average molecular weight is 465 g/mol. The quantitative estimate of drug-likeness (QED) is 0.119. The van der Waals surface area contributed by atoms with Gasteiger partial charge in [-0.2, -0.15) is 13.2 Å². The molecule has 1 N–H and O–H groups in total.